The minimum atomic E-state index is -0.806. The highest BCUT2D eigenvalue weighted by Gasteiger charge is 2.71. The largest absolute Gasteiger partial charge is 0.463 e. The number of carbonyl (C=O) groups excluding carboxylic acids is 3. The highest BCUT2D eigenvalue weighted by molar-refractivity contribution is 5.89. The number of nitrogens with zero attached hydrogens (tertiary/aromatic N) is 2. The third kappa shape index (κ3) is 4.36. The van der Waals surface area contributed by atoms with E-state index in [4.69, 9.17) is 18.9 Å². The summed E-state index contributed by atoms with van der Waals surface area (Å²) in [6, 6.07) is 6.77. The molecular weight excluding hydrogens is 524 g/mol. The van der Waals surface area contributed by atoms with Gasteiger partial charge in [0.25, 0.3) is 0 Å². The molecule has 2 aromatic heterocycles. The first-order chi connectivity index (χ1) is 19.5. The Hall–Kier alpha value is -3.59. The fourth-order valence-electron chi connectivity index (χ4n) is 7.98. The lowest BCUT2D eigenvalue weighted by molar-refractivity contribution is -0.310. The number of ether oxygens (including phenoxy) is 4. The van der Waals surface area contributed by atoms with Crippen molar-refractivity contribution in [1.29, 1.82) is 0 Å². The van der Waals surface area contributed by atoms with E-state index in [-0.39, 0.29) is 24.9 Å². The van der Waals surface area contributed by atoms with Gasteiger partial charge in [-0.15, -0.1) is 0 Å². The first-order valence-corrected chi connectivity index (χ1v) is 14.2. The van der Waals surface area contributed by atoms with Crippen LogP contribution in [0.2, 0.25) is 0 Å². The Morgan fingerprint density at radius 2 is 1.63 bits per heavy atom. The van der Waals surface area contributed by atoms with Crippen LogP contribution in [0, 0.1) is 16.7 Å². The molecule has 1 spiro atoms. The maximum atomic E-state index is 13.4. The Balaban J connectivity index is 1.42. The van der Waals surface area contributed by atoms with E-state index >= 15 is 0 Å². The molecule has 6 rings (SSSR count). The van der Waals surface area contributed by atoms with E-state index in [1.807, 2.05) is 0 Å². The molecule has 216 valence electrons. The van der Waals surface area contributed by atoms with Crippen molar-refractivity contribution in [3.63, 3.8) is 0 Å². The molecule has 9 heteroatoms. The van der Waals surface area contributed by atoms with E-state index in [9.17, 15) is 14.4 Å². The molecule has 0 N–H and O–H groups in total. The second-order valence-electron chi connectivity index (χ2n) is 12.7. The van der Waals surface area contributed by atoms with Crippen LogP contribution < -0.4 is 0 Å². The first-order valence-electron chi connectivity index (χ1n) is 14.2. The normalized spacial score (nSPS) is 37.8. The van der Waals surface area contributed by atoms with E-state index < -0.39 is 46.2 Å². The third-order valence-corrected chi connectivity index (χ3v) is 10.5. The van der Waals surface area contributed by atoms with Crippen molar-refractivity contribution >= 4 is 17.9 Å². The zero-order valence-electron chi connectivity index (χ0n) is 23.9. The van der Waals surface area contributed by atoms with Crippen molar-refractivity contribution in [3.05, 3.63) is 71.8 Å². The molecule has 9 nitrogen and oxygen atoms in total. The number of rotatable bonds is 4. The first kappa shape index (κ1) is 27.6. The van der Waals surface area contributed by atoms with Gasteiger partial charge in [-0.25, -0.2) is 9.59 Å². The van der Waals surface area contributed by atoms with Gasteiger partial charge in [-0.05, 0) is 51.0 Å². The van der Waals surface area contributed by atoms with E-state index in [1.54, 1.807) is 36.7 Å². The Labute approximate surface area is 239 Å². The van der Waals surface area contributed by atoms with Crippen molar-refractivity contribution in [2.24, 2.45) is 16.7 Å². The summed E-state index contributed by atoms with van der Waals surface area (Å²) in [6.07, 6.45) is 9.73. The summed E-state index contributed by atoms with van der Waals surface area (Å²) in [5.41, 5.74) is -0.838. The molecule has 2 saturated heterocycles. The predicted molar refractivity (Wildman–Crippen MR) is 147 cm³/mol. The Morgan fingerprint density at radius 1 is 0.976 bits per heavy atom. The van der Waals surface area contributed by atoms with E-state index in [0.29, 0.717) is 30.4 Å². The predicted octanol–water partition coefficient (Wildman–Crippen LogP) is 4.86. The van der Waals surface area contributed by atoms with Crippen molar-refractivity contribution < 1.29 is 33.3 Å². The molecule has 0 bridgehead atoms. The van der Waals surface area contributed by atoms with Gasteiger partial charge in [0.1, 0.15) is 24.4 Å². The zero-order valence-corrected chi connectivity index (χ0v) is 23.9. The highest BCUT2D eigenvalue weighted by Crippen LogP contribution is 2.68. The van der Waals surface area contributed by atoms with E-state index in [0.717, 1.165) is 12.0 Å². The number of cyclic esters (lactones) is 1. The molecule has 0 aromatic carbocycles. The van der Waals surface area contributed by atoms with Crippen LogP contribution in [0.1, 0.15) is 80.5 Å². The summed E-state index contributed by atoms with van der Waals surface area (Å²) in [5, 5.41) is 0. The Kier molecular flexibility index (Phi) is 6.56. The maximum Gasteiger partial charge on any atom is 0.340 e. The summed E-state index contributed by atoms with van der Waals surface area (Å²) in [6.45, 7) is 8.64. The number of fused-ring (bicyclic) bond motifs is 3. The summed E-state index contributed by atoms with van der Waals surface area (Å²) >= 11 is 0. The SMILES string of the molecule is CC1=CC[C@@H](OC(=O)c2cccnc2)C2[C@@]1(C)[C@@H](OC(=O)c1cccnc1)C[C@]1(C)O[C@@]3(CC[C@]21C)COC(=O)C3. The van der Waals surface area contributed by atoms with Gasteiger partial charge in [0, 0.05) is 54.4 Å². The molecule has 2 aliphatic heterocycles. The van der Waals surface area contributed by atoms with Gasteiger partial charge in [0.2, 0.25) is 0 Å². The molecular formula is C32H36N2O7. The van der Waals surface area contributed by atoms with Gasteiger partial charge in [-0.3, -0.25) is 14.8 Å². The summed E-state index contributed by atoms with van der Waals surface area (Å²) < 4.78 is 25.0. The van der Waals surface area contributed by atoms with Crippen molar-refractivity contribution in [2.75, 3.05) is 6.61 Å². The number of hydrogen-bond donors (Lipinski definition) is 0. The van der Waals surface area contributed by atoms with E-state index in [2.05, 4.69) is 43.7 Å². The molecule has 2 aromatic rings. The molecule has 4 aliphatic rings. The molecule has 7 atom stereocenters. The van der Waals surface area contributed by atoms with Gasteiger partial charge in [-0.1, -0.05) is 25.5 Å². The average Bonchev–Trinajstić information content (AvgIpc) is 3.32. The minimum Gasteiger partial charge on any atom is -0.463 e. The van der Waals surface area contributed by atoms with Crippen LogP contribution in [0.15, 0.2) is 60.7 Å². The summed E-state index contributed by atoms with van der Waals surface area (Å²) in [4.78, 5) is 47.2. The van der Waals surface area contributed by atoms with E-state index in [1.165, 1.54) is 12.4 Å². The van der Waals surface area contributed by atoms with Gasteiger partial charge < -0.3 is 18.9 Å². The van der Waals surface area contributed by atoms with Gasteiger partial charge in [0.15, 0.2) is 0 Å². The highest BCUT2D eigenvalue weighted by atomic mass is 16.6. The number of esters is 3. The summed E-state index contributed by atoms with van der Waals surface area (Å²) in [7, 11) is 0. The standard InChI is InChI=1S/C32H36N2O7/c1-20-9-10-23(39-27(36)21-7-5-13-33-17-21)26-29(2)11-12-32(16-25(35)38-19-32)41-30(29,3)15-24(31(20,26)4)40-28(37)22-8-6-14-34-18-22/h5-9,13-14,17-18,23-24,26H,10-12,15-16,19H2,1-4H3/t23-,24+,26?,29-,30+,31-,32-/m1/s1. The lowest BCUT2D eigenvalue weighted by Gasteiger charge is -2.68. The summed E-state index contributed by atoms with van der Waals surface area (Å²) in [5.74, 6) is -1.43. The molecule has 41 heavy (non-hydrogen) atoms. The van der Waals surface area contributed by atoms with Gasteiger partial charge in [0.05, 0.1) is 23.1 Å². The second kappa shape index (κ2) is 9.76. The fourth-order valence-corrected chi connectivity index (χ4v) is 7.98. The van der Waals surface area contributed by atoms with Crippen molar-refractivity contribution in [3.8, 4) is 0 Å². The smallest absolute Gasteiger partial charge is 0.340 e. The lowest BCUT2D eigenvalue weighted by Crippen LogP contribution is -2.72. The van der Waals surface area contributed by atoms with Crippen LogP contribution in [-0.2, 0) is 23.7 Å². The molecule has 4 heterocycles. The van der Waals surface area contributed by atoms with Gasteiger partial charge >= 0.3 is 17.9 Å². The van der Waals surface area contributed by atoms with Crippen LogP contribution in [0.4, 0.5) is 0 Å². The molecule has 2 aliphatic carbocycles. The molecule has 1 saturated carbocycles. The molecule has 3 fully saturated rings. The van der Waals surface area contributed by atoms with Crippen molar-refractivity contribution in [1.82, 2.24) is 9.97 Å². The van der Waals surface area contributed by atoms with Gasteiger partial charge in [-0.2, -0.15) is 0 Å². The average molecular weight is 561 g/mol. The van der Waals surface area contributed by atoms with Crippen molar-refractivity contribution in [2.45, 2.75) is 83.2 Å². The Bertz CT molecular complexity index is 1400. The number of aromatic nitrogens is 2. The zero-order chi connectivity index (χ0) is 29.0. The van der Waals surface area contributed by atoms with Crippen LogP contribution >= 0.6 is 0 Å². The minimum absolute atomic E-state index is 0.194. The number of carbonyl (C=O) groups is 3. The monoisotopic (exact) mass is 560 g/mol. The maximum absolute atomic E-state index is 13.4. The molecule has 0 amide bonds. The van der Waals surface area contributed by atoms with Crippen LogP contribution in [0.5, 0.6) is 0 Å². The number of pyridine rings is 2. The number of hydrogen-bond acceptors (Lipinski definition) is 9. The van der Waals surface area contributed by atoms with Crippen LogP contribution in [0.3, 0.4) is 0 Å². The van der Waals surface area contributed by atoms with Crippen LogP contribution in [0.25, 0.3) is 0 Å². The fraction of sp³-hybridized carbons (Fsp3) is 0.531. The quantitative estimate of drug-likeness (QED) is 0.294. The molecule has 0 radical (unpaired) electrons. The Morgan fingerprint density at radius 3 is 2.22 bits per heavy atom. The lowest BCUT2D eigenvalue weighted by atomic mass is 9.42. The topological polar surface area (TPSA) is 114 Å². The molecule has 1 unspecified atom stereocenters. The second-order valence-corrected chi connectivity index (χ2v) is 12.7. The van der Waals surface area contributed by atoms with Crippen LogP contribution in [-0.4, -0.2) is 57.9 Å². The third-order valence-electron chi connectivity index (χ3n) is 10.5.